The molecule has 0 fully saturated rings. The van der Waals surface area contributed by atoms with Crippen LogP contribution in [0.2, 0.25) is 10.0 Å². The van der Waals surface area contributed by atoms with E-state index in [2.05, 4.69) is 4.98 Å². The standard InChI is InChI=1S/C17H12Cl2F2N2O/c18-12-5-11(6-13(19)7-12)9-23-4-3-22-17(23)10-24-16-2-1-14(20)8-15(16)21/h1-8H,9-10H2. The lowest BCUT2D eigenvalue weighted by Crippen LogP contribution is -2.08. The zero-order valence-corrected chi connectivity index (χ0v) is 13.9. The molecule has 0 atom stereocenters. The summed E-state index contributed by atoms with van der Waals surface area (Å²) >= 11 is 12.0. The molecule has 3 nitrogen and oxygen atoms in total. The second-order valence-corrected chi connectivity index (χ2v) is 5.99. The summed E-state index contributed by atoms with van der Waals surface area (Å²) < 4.78 is 33.7. The number of rotatable bonds is 5. The first-order valence-corrected chi connectivity index (χ1v) is 7.80. The highest BCUT2D eigenvalue weighted by Crippen LogP contribution is 2.21. The van der Waals surface area contributed by atoms with E-state index in [1.807, 2.05) is 4.57 Å². The third-order valence-electron chi connectivity index (χ3n) is 3.33. The van der Waals surface area contributed by atoms with Crippen molar-refractivity contribution in [3.8, 4) is 5.75 Å². The maximum Gasteiger partial charge on any atom is 0.167 e. The molecular formula is C17H12Cl2F2N2O. The van der Waals surface area contributed by atoms with Crippen LogP contribution in [0.4, 0.5) is 8.78 Å². The van der Waals surface area contributed by atoms with Gasteiger partial charge in [0.05, 0.1) is 0 Å². The maximum atomic E-state index is 13.6. The first-order chi connectivity index (χ1) is 11.5. The Morgan fingerprint density at radius 1 is 1.04 bits per heavy atom. The van der Waals surface area contributed by atoms with Gasteiger partial charge in [-0.15, -0.1) is 0 Å². The second kappa shape index (κ2) is 7.20. The van der Waals surface area contributed by atoms with E-state index in [9.17, 15) is 8.78 Å². The van der Waals surface area contributed by atoms with Crippen molar-refractivity contribution in [2.45, 2.75) is 13.2 Å². The van der Waals surface area contributed by atoms with Crippen molar-refractivity contribution in [1.82, 2.24) is 9.55 Å². The van der Waals surface area contributed by atoms with Crippen molar-refractivity contribution in [3.63, 3.8) is 0 Å². The fraction of sp³-hybridized carbons (Fsp3) is 0.118. The van der Waals surface area contributed by atoms with Gasteiger partial charge in [0.15, 0.2) is 11.6 Å². The molecule has 0 unspecified atom stereocenters. The summed E-state index contributed by atoms with van der Waals surface area (Å²) in [6.45, 7) is 0.536. The SMILES string of the molecule is Fc1ccc(OCc2nccn2Cc2cc(Cl)cc(Cl)c2)c(F)c1. The molecule has 0 aliphatic carbocycles. The Morgan fingerprint density at radius 3 is 2.50 bits per heavy atom. The minimum absolute atomic E-state index is 0.0308. The summed E-state index contributed by atoms with van der Waals surface area (Å²) in [4.78, 5) is 4.19. The van der Waals surface area contributed by atoms with Crippen LogP contribution in [-0.2, 0) is 13.2 Å². The van der Waals surface area contributed by atoms with Crippen LogP contribution in [0.15, 0.2) is 48.8 Å². The van der Waals surface area contributed by atoms with Crippen molar-refractivity contribution in [2.75, 3.05) is 0 Å². The first kappa shape index (κ1) is 16.7. The van der Waals surface area contributed by atoms with Crippen LogP contribution in [0, 0.1) is 11.6 Å². The van der Waals surface area contributed by atoms with E-state index in [-0.39, 0.29) is 12.4 Å². The molecule has 3 rings (SSSR count). The third-order valence-corrected chi connectivity index (χ3v) is 3.76. The first-order valence-electron chi connectivity index (χ1n) is 7.04. The van der Waals surface area contributed by atoms with E-state index >= 15 is 0 Å². The number of halogens is 4. The summed E-state index contributed by atoms with van der Waals surface area (Å²) in [5, 5.41) is 1.09. The molecule has 0 aliphatic rings. The lowest BCUT2D eigenvalue weighted by molar-refractivity contribution is 0.275. The van der Waals surface area contributed by atoms with Gasteiger partial charge in [0, 0.05) is 35.1 Å². The van der Waals surface area contributed by atoms with E-state index in [1.165, 1.54) is 6.07 Å². The number of hydrogen-bond donors (Lipinski definition) is 0. The maximum absolute atomic E-state index is 13.6. The molecule has 0 saturated heterocycles. The molecule has 1 aromatic heterocycles. The van der Waals surface area contributed by atoms with Gasteiger partial charge in [-0.3, -0.25) is 0 Å². The molecule has 0 amide bonds. The van der Waals surface area contributed by atoms with Crippen molar-refractivity contribution >= 4 is 23.2 Å². The summed E-state index contributed by atoms with van der Waals surface area (Å²) in [5.74, 6) is -0.847. The predicted molar refractivity (Wildman–Crippen MR) is 88.5 cm³/mol. The minimum atomic E-state index is -0.755. The molecule has 0 bridgehead atoms. The zero-order valence-electron chi connectivity index (χ0n) is 12.3. The monoisotopic (exact) mass is 368 g/mol. The van der Waals surface area contributed by atoms with Gasteiger partial charge >= 0.3 is 0 Å². The molecule has 0 radical (unpaired) electrons. The van der Waals surface area contributed by atoms with Crippen LogP contribution in [-0.4, -0.2) is 9.55 Å². The van der Waals surface area contributed by atoms with E-state index in [4.69, 9.17) is 27.9 Å². The number of benzene rings is 2. The van der Waals surface area contributed by atoms with E-state index < -0.39 is 11.6 Å². The molecule has 7 heteroatoms. The van der Waals surface area contributed by atoms with Crippen molar-refractivity contribution < 1.29 is 13.5 Å². The highest BCUT2D eigenvalue weighted by atomic mass is 35.5. The van der Waals surface area contributed by atoms with Gasteiger partial charge in [0.1, 0.15) is 18.2 Å². The van der Waals surface area contributed by atoms with Crippen LogP contribution >= 0.6 is 23.2 Å². The summed E-state index contributed by atoms with van der Waals surface area (Å²) in [6.07, 6.45) is 3.39. The molecule has 2 aromatic carbocycles. The average Bonchev–Trinajstić information content (AvgIpc) is 2.92. The molecule has 124 valence electrons. The average molecular weight is 369 g/mol. The lowest BCUT2D eigenvalue weighted by atomic mass is 10.2. The molecule has 0 N–H and O–H groups in total. The quantitative estimate of drug-likeness (QED) is 0.626. The van der Waals surface area contributed by atoms with E-state index in [0.717, 1.165) is 17.7 Å². The fourth-order valence-corrected chi connectivity index (χ4v) is 2.83. The minimum Gasteiger partial charge on any atom is -0.483 e. The Hall–Kier alpha value is -2.11. The molecular weight excluding hydrogens is 357 g/mol. The Balaban J connectivity index is 1.73. The Morgan fingerprint density at radius 2 is 1.79 bits per heavy atom. The number of ether oxygens (including phenoxy) is 1. The Bertz CT molecular complexity index is 847. The van der Waals surface area contributed by atoms with Gasteiger partial charge in [-0.25, -0.2) is 13.8 Å². The zero-order chi connectivity index (χ0) is 17.1. The van der Waals surface area contributed by atoms with E-state index in [0.29, 0.717) is 22.4 Å². The van der Waals surface area contributed by atoms with Crippen LogP contribution in [0.1, 0.15) is 11.4 Å². The highest BCUT2D eigenvalue weighted by Gasteiger charge is 2.09. The molecule has 1 heterocycles. The van der Waals surface area contributed by atoms with Crippen molar-refractivity contribution in [2.24, 2.45) is 0 Å². The predicted octanol–water partition coefficient (Wildman–Crippen LogP) is 5.10. The second-order valence-electron chi connectivity index (χ2n) is 5.11. The van der Waals surface area contributed by atoms with Crippen LogP contribution in [0.3, 0.4) is 0 Å². The highest BCUT2D eigenvalue weighted by molar-refractivity contribution is 6.34. The van der Waals surface area contributed by atoms with Crippen LogP contribution < -0.4 is 4.74 Å². The van der Waals surface area contributed by atoms with Gasteiger partial charge in [0.25, 0.3) is 0 Å². The summed E-state index contributed by atoms with van der Waals surface area (Å²) in [7, 11) is 0. The van der Waals surface area contributed by atoms with Gasteiger partial charge in [0.2, 0.25) is 0 Å². The number of hydrogen-bond acceptors (Lipinski definition) is 2. The molecule has 0 aliphatic heterocycles. The van der Waals surface area contributed by atoms with Crippen molar-refractivity contribution in [3.05, 3.63) is 81.9 Å². The van der Waals surface area contributed by atoms with Gasteiger partial charge in [-0.1, -0.05) is 23.2 Å². The summed E-state index contributed by atoms with van der Waals surface area (Å²) in [6, 6.07) is 8.42. The largest absolute Gasteiger partial charge is 0.483 e. The molecule has 3 aromatic rings. The Labute approximate surface area is 147 Å². The molecule has 0 spiro atoms. The summed E-state index contributed by atoms with van der Waals surface area (Å²) in [5.41, 5.74) is 0.903. The molecule has 0 saturated carbocycles. The van der Waals surface area contributed by atoms with Gasteiger partial charge < -0.3 is 9.30 Å². The lowest BCUT2D eigenvalue weighted by Gasteiger charge is -2.11. The fourth-order valence-electron chi connectivity index (χ4n) is 2.26. The number of imidazole rings is 1. The molecule has 24 heavy (non-hydrogen) atoms. The van der Waals surface area contributed by atoms with Gasteiger partial charge in [-0.2, -0.15) is 0 Å². The van der Waals surface area contributed by atoms with Gasteiger partial charge in [-0.05, 0) is 35.9 Å². The number of nitrogens with zero attached hydrogens (tertiary/aromatic N) is 2. The van der Waals surface area contributed by atoms with Crippen molar-refractivity contribution in [1.29, 1.82) is 0 Å². The van der Waals surface area contributed by atoms with E-state index in [1.54, 1.807) is 30.6 Å². The Kier molecular flexibility index (Phi) is 5.02. The number of aromatic nitrogens is 2. The van der Waals surface area contributed by atoms with Crippen LogP contribution in [0.25, 0.3) is 0 Å². The van der Waals surface area contributed by atoms with Crippen LogP contribution in [0.5, 0.6) is 5.75 Å². The smallest absolute Gasteiger partial charge is 0.167 e. The third kappa shape index (κ3) is 4.04. The topological polar surface area (TPSA) is 27.1 Å². The normalized spacial score (nSPS) is 10.8.